The fourth-order valence-corrected chi connectivity index (χ4v) is 1.68. The summed E-state index contributed by atoms with van der Waals surface area (Å²) < 4.78 is 5.70. The van der Waals surface area contributed by atoms with Gasteiger partial charge < -0.3 is 4.74 Å². The maximum atomic E-state index is 5.70. The van der Waals surface area contributed by atoms with E-state index in [2.05, 4.69) is 11.8 Å². The van der Waals surface area contributed by atoms with Crippen molar-refractivity contribution >= 4 is 11.6 Å². The first kappa shape index (κ1) is 13.5. The van der Waals surface area contributed by atoms with Gasteiger partial charge >= 0.3 is 0 Å². The highest BCUT2D eigenvalue weighted by Gasteiger charge is 1.95. The maximum absolute atomic E-state index is 5.70. The van der Waals surface area contributed by atoms with Crippen molar-refractivity contribution in [3.05, 3.63) is 65.7 Å². The number of halogens is 1. The van der Waals surface area contributed by atoms with Crippen LogP contribution in [0.5, 0.6) is 5.75 Å². The molecule has 0 aromatic heterocycles. The summed E-state index contributed by atoms with van der Waals surface area (Å²) in [6.07, 6.45) is 0.716. The van der Waals surface area contributed by atoms with Gasteiger partial charge in [0.1, 0.15) is 12.4 Å². The zero-order chi connectivity index (χ0) is 13.3. The molecule has 0 N–H and O–H groups in total. The predicted molar refractivity (Wildman–Crippen MR) is 79.4 cm³/mol. The molecule has 0 unspecified atom stereocenters. The second-order valence-electron chi connectivity index (χ2n) is 4.04. The highest BCUT2D eigenvalue weighted by atomic mass is 35.5. The number of hydrogen-bond donors (Lipinski definition) is 0. The largest absolute Gasteiger partial charge is 0.489 e. The topological polar surface area (TPSA) is 9.23 Å². The molecule has 2 heteroatoms. The molecule has 0 radical (unpaired) electrons. The van der Waals surface area contributed by atoms with Crippen molar-refractivity contribution in [2.45, 2.75) is 13.0 Å². The first-order chi connectivity index (χ1) is 9.38. The lowest BCUT2D eigenvalue weighted by molar-refractivity contribution is 0.306. The van der Waals surface area contributed by atoms with Crippen molar-refractivity contribution in [1.29, 1.82) is 0 Å². The fourth-order valence-electron chi connectivity index (χ4n) is 1.59. The molecule has 0 saturated heterocycles. The van der Waals surface area contributed by atoms with Gasteiger partial charge in [-0.3, -0.25) is 0 Å². The lowest BCUT2D eigenvalue weighted by Gasteiger charge is -2.05. The third kappa shape index (κ3) is 4.69. The normalized spacial score (nSPS) is 9.53. The van der Waals surface area contributed by atoms with Crippen LogP contribution in [0.1, 0.15) is 17.5 Å². The van der Waals surface area contributed by atoms with Gasteiger partial charge in [0, 0.05) is 17.9 Å². The average molecular weight is 271 g/mol. The standard InChI is InChI=1S/C17H15ClO/c18-13-5-4-6-15-9-11-17(12-10-15)19-14-16-7-2-1-3-8-16/h1-3,7-12H,5,13-14H2. The third-order valence-electron chi connectivity index (χ3n) is 2.55. The van der Waals surface area contributed by atoms with E-state index in [0.717, 1.165) is 16.9 Å². The summed E-state index contributed by atoms with van der Waals surface area (Å²) >= 11 is 5.57. The van der Waals surface area contributed by atoms with Crippen LogP contribution in [0.2, 0.25) is 0 Å². The van der Waals surface area contributed by atoms with Crippen LogP contribution in [-0.2, 0) is 6.61 Å². The Bertz CT molecular complexity index is 549. The van der Waals surface area contributed by atoms with E-state index in [0.29, 0.717) is 18.9 Å². The van der Waals surface area contributed by atoms with E-state index >= 15 is 0 Å². The molecule has 0 heterocycles. The molecule has 0 aliphatic rings. The molecule has 2 rings (SSSR count). The van der Waals surface area contributed by atoms with Crippen LogP contribution in [0.3, 0.4) is 0 Å². The SMILES string of the molecule is ClCCC#Cc1ccc(OCc2ccccc2)cc1. The average Bonchev–Trinajstić information content (AvgIpc) is 2.48. The van der Waals surface area contributed by atoms with E-state index in [1.54, 1.807) is 0 Å². The van der Waals surface area contributed by atoms with Crippen molar-refractivity contribution in [3.8, 4) is 17.6 Å². The van der Waals surface area contributed by atoms with Crippen molar-refractivity contribution in [1.82, 2.24) is 0 Å². The first-order valence-electron chi connectivity index (χ1n) is 6.20. The minimum atomic E-state index is 0.575. The number of ether oxygens (including phenoxy) is 1. The summed E-state index contributed by atoms with van der Waals surface area (Å²) in [6, 6.07) is 17.9. The molecule has 19 heavy (non-hydrogen) atoms. The molecule has 0 aliphatic carbocycles. The molecule has 0 spiro atoms. The summed E-state index contributed by atoms with van der Waals surface area (Å²) in [6.45, 7) is 0.581. The van der Waals surface area contributed by atoms with Crippen LogP contribution in [0, 0.1) is 11.8 Å². The molecular formula is C17H15ClO. The lowest BCUT2D eigenvalue weighted by atomic mass is 10.2. The summed E-state index contributed by atoms with van der Waals surface area (Å²) in [5.74, 6) is 7.49. The van der Waals surface area contributed by atoms with Gasteiger partial charge in [0.15, 0.2) is 0 Å². The molecule has 0 amide bonds. The number of benzene rings is 2. The number of rotatable bonds is 4. The van der Waals surface area contributed by atoms with Gasteiger partial charge in [0.25, 0.3) is 0 Å². The Balaban J connectivity index is 1.91. The molecule has 0 saturated carbocycles. The van der Waals surface area contributed by atoms with Gasteiger partial charge in [-0.15, -0.1) is 11.6 Å². The molecule has 1 nitrogen and oxygen atoms in total. The Morgan fingerprint density at radius 2 is 1.68 bits per heavy atom. The van der Waals surface area contributed by atoms with Crippen molar-refractivity contribution in [2.75, 3.05) is 5.88 Å². The second-order valence-corrected chi connectivity index (χ2v) is 4.42. The van der Waals surface area contributed by atoms with Crippen molar-refractivity contribution in [3.63, 3.8) is 0 Å². The Kier molecular flexibility index (Phi) is 5.34. The Labute approximate surface area is 119 Å². The van der Waals surface area contributed by atoms with Gasteiger partial charge in [0.2, 0.25) is 0 Å². The lowest BCUT2D eigenvalue weighted by Crippen LogP contribution is -1.94. The molecule has 2 aromatic rings. The van der Waals surface area contributed by atoms with E-state index < -0.39 is 0 Å². The summed E-state index contributed by atoms with van der Waals surface area (Å²) in [5.41, 5.74) is 2.14. The van der Waals surface area contributed by atoms with Crippen molar-refractivity contribution in [2.24, 2.45) is 0 Å². The molecular weight excluding hydrogens is 256 g/mol. The summed E-state index contributed by atoms with van der Waals surface area (Å²) in [4.78, 5) is 0. The Morgan fingerprint density at radius 1 is 0.947 bits per heavy atom. The highest BCUT2D eigenvalue weighted by molar-refractivity contribution is 6.18. The van der Waals surface area contributed by atoms with E-state index in [1.165, 1.54) is 0 Å². The molecule has 0 atom stereocenters. The van der Waals surface area contributed by atoms with E-state index in [-0.39, 0.29) is 0 Å². The molecule has 0 bridgehead atoms. The zero-order valence-corrected chi connectivity index (χ0v) is 11.4. The van der Waals surface area contributed by atoms with Crippen LogP contribution < -0.4 is 4.74 Å². The minimum Gasteiger partial charge on any atom is -0.489 e. The van der Waals surface area contributed by atoms with Gasteiger partial charge in [-0.2, -0.15) is 0 Å². The Hall–Kier alpha value is -1.91. The van der Waals surface area contributed by atoms with Crippen LogP contribution in [0.15, 0.2) is 54.6 Å². The van der Waals surface area contributed by atoms with Gasteiger partial charge in [-0.05, 0) is 29.8 Å². The summed E-state index contributed by atoms with van der Waals surface area (Å²) in [5, 5.41) is 0. The first-order valence-corrected chi connectivity index (χ1v) is 6.73. The molecule has 0 aliphatic heterocycles. The fraction of sp³-hybridized carbons (Fsp3) is 0.176. The van der Waals surface area contributed by atoms with Crippen LogP contribution in [0.4, 0.5) is 0 Å². The predicted octanol–water partition coefficient (Wildman–Crippen LogP) is 4.25. The third-order valence-corrected chi connectivity index (χ3v) is 2.74. The smallest absolute Gasteiger partial charge is 0.119 e. The molecule has 2 aromatic carbocycles. The Morgan fingerprint density at radius 3 is 2.37 bits per heavy atom. The maximum Gasteiger partial charge on any atom is 0.119 e. The van der Waals surface area contributed by atoms with Gasteiger partial charge in [-0.1, -0.05) is 42.2 Å². The zero-order valence-electron chi connectivity index (χ0n) is 10.6. The summed E-state index contributed by atoms with van der Waals surface area (Å²) in [7, 11) is 0. The molecule has 0 fully saturated rings. The van der Waals surface area contributed by atoms with E-state index in [4.69, 9.17) is 16.3 Å². The van der Waals surface area contributed by atoms with Crippen molar-refractivity contribution < 1.29 is 4.74 Å². The second kappa shape index (κ2) is 7.51. The highest BCUT2D eigenvalue weighted by Crippen LogP contribution is 2.13. The number of hydrogen-bond acceptors (Lipinski definition) is 1. The number of alkyl halides is 1. The van der Waals surface area contributed by atoms with E-state index in [9.17, 15) is 0 Å². The van der Waals surface area contributed by atoms with Crippen LogP contribution >= 0.6 is 11.6 Å². The van der Waals surface area contributed by atoms with Gasteiger partial charge in [0.05, 0.1) is 0 Å². The quantitative estimate of drug-likeness (QED) is 0.596. The van der Waals surface area contributed by atoms with Crippen LogP contribution in [0.25, 0.3) is 0 Å². The monoisotopic (exact) mass is 270 g/mol. The molecule has 96 valence electrons. The minimum absolute atomic E-state index is 0.575. The van der Waals surface area contributed by atoms with E-state index in [1.807, 2.05) is 54.6 Å². The van der Waals surface area contributed by atoms with Gasteiger partial charge in [-0.25, -0.2) is 0 Å². The van der Waals surface area contributed by atoms with Crippen LogP contribution in [-0.4, -0.2) is 5.88 Å².